The molecule has 0 radical (unpaired) electrons. The first kappa shape index (κ1) is 17.7. The van der Waals surface area contributed by atoms with E-state index in [0.29, 0.717) is 26.1 Å². The Hall–Kier alpha value is -1.63. The minimum absolute atomic E-state index is 0. The number of rotatable bonds is 4. The van der Waals surface area contributed by atoms with Crippen molar-refractivity contribution < 1.29 is 14.7 Å². The molecule has 7 heteroatoms. The molecule has 6 nitrogen and oxygen atoms in total. The van der Waals surface area contributed by atoms with Crippen LogP contribution in [0.25, 0.3) is 0 Å². The minimum atomic E-state index is -0.419. The predicted octanol–water partition coefficient (Wildman–Crippen LogP) is 0.0841. The van der Waals surface area contributed by atoms with Crippen LogP contribution in [0, 0.1) is 5.92 Å². The summed E-state index contributed by atoms with van der Waals surface area (Å²) in [5.41, 5.74) is 1.93. The van der Waals surface area contributed by atoms with Crippen LogP contribution in [-0.2, 0) is 16.0 Å². The molecular weight excluding hydrogens is 318 g/mol. The lowest BCUT2D eigenvalue weighted by Crippen LogP contribution is -2.44. The lowest BCUT2D eigenvalue weighted by atomic mass is 10.0. The van der Waals surface area contributed by atoms with Gasteiger partial charge in [0.15, 0.2) is 0 Å². The average Bonchev–Trinajstić information content (AvgIpc) is 2.93. The number of nitrogens with zero attached hydrogens (tertiary/aromatic N) is 1. The maximum Gasteiger partial charge on any atom is 0.240 e. The summed E-state index contributed by atoms with van der Waals surface area (Å²) in [7, 11) is 0. The molecule has 0 bridgehead atoms. The van der Waals surface area contributed by atoms with E-state index in [1.807, 2.05) is 24.3 Å². The van der Waals surface area contributed by atoms with E-state index >= 15 is 0 Å². The number of β-amino-alcohol motifs (C(OH)–C–C–N with tert-alkyl or cyclic N) is 1. The molecule has 1 aromatic rings. The van der Waals surface area contributed by atoms with Crippen LogP contribution in [0.5, 0.6) is 0 Å². The van der Waals surface area contributed by atoms with Crippen LogP contribution in [0.3, 0.4) is 0 Å². The summed E-state index contributed by atoms with van der Waals surface area (Å²) in [6, 6.07) is 7.70. The fourth-order valence-corrected chi connectivity index (χ4v) is 3.04. The number of para-hydroxylation sites is 1. The number of carbonyl (C=O) groups is 2. The quantitative estimate of drug-likeness (QED) is 0.726. The van der Waals surface area contributed by atoms with Crippen molar-refractivity contribution in [3.63, 3.8) is 0 Å². The van der Waals surface area contributed by atoms with Crippen molar-refractivity contribution in [1.82, 2.24) is 10.6 Å². The highest BCUT2D eigenvalue weighted by atomic mass is 35.5. The number of halogens is 1. The number of nitrogens with one attached hydrogen (secondary N) is 2. The molecule has 126 valence electrons. The second-order valence-corrected chi connectivity index (χ2v) is 5.90. The molecule has 0 spiro atoms. The van der Waals surface area contributed by atoms with Crippen LogP contribution in [0.4, 0.5) is 5.69 Å². The van der Waals surface area contributed by atoms with Crippen molar-refractivity contribution in [2.45, 2.75) is 18.9 Å². The van der Waals surface area contributed by atoms with Gasteiger partial charge in [-0.3, -0.25) is 9.59 Å². The number of carbonyl (C=O) groups excluding carboxylic acids is 2. The highest BCUT2D eigenvalue weighted by Crippen LogP contribution is 2.27. The highest BCUT2D eigenvalue weighted by Gasteiger charge is 2.27. The standard InChI is InChI=1S/C16H21N3O3.ClH/c20-14-9-17-7-12(14)8-18-15(21)10-19-13-4-2-1-3-11(13)5-6-16(19)22;/h1-4,12,14,17,20H,5-10H2,(H,18,21);1H. The zero-order valence-corrected chi connectivity index (χ0v) is 13.6. The molecule has 0 aromatic heterocycles. The number of aliphatic hydroxyl groups excluding tert-OH is 1. The summed E-state index contributed by atoms with van der Waals surface area (Å²) in [5, 5.41) is 15.6. The number of hydrogen-bond acceptors (Lipinski definition) is 4. The summed E-state index contributed by atoms with van der Waals surface area (Å²) in [4.78, 5) is 25.8. The molecule has 2 aliphatic rings. The van der Waals surface area contributed by atoms with Gasteiger partial charge in [-0.1, -0.05) is 18.2 Å². The Labute approximate surface area is 141 Å². The van der Waals surface area contributed by atoms with E-state index in [2.05, 4.69) is 10.6 Å². The summed E-state index contributed by atoms with van der Waals surface area (Å²) in [6.45, 7) is 1.73. The van der Waals surface area contributed by atoms with Gasteiger partial charge in [0.2, 0.25) is 11.8 Å². The van der Waals surface area contributed by atoms with E-state index in [0.717, 1.165) is 17.7 Å². The normalized spacial score (nSPS) is 23.2. The van der Waals surface area contributed by atoms with Crippen molar-refractivity contribution in [2.75, 3.05) is 31.1 Å². The molecule has 2 atom stereocenters. The summed E-state index contributed by atoms with van der Waals surface area (Å²) in [5.74, 6) is -0.172. The first-order valence-corrected chi connectivity index (χ1v) is 7.69. The molecule has 23 heavy (non-hydrogen) atoms. The molecule has 0 saturated carbocycles. The van der Waals surface area contributed by atoms with Gasteiger partial charge >= 0.3 is 0 Å². The number of benzene rings is 1. The SMILES string of the molecule is Cl.O=C(CN1C(=O)CCc2ccccc21)NCC1CNCC1O. The molecule has 2 unspecified atom stereocenters. The molecule has 2 heterocycles. The number of anilines is 1. The molecule has 2 aliphatic heterocycles. The summed E-state index contributed by atoms with van der Waals surface area (Å²) < 4.78 is 0. The largest absolute Gasteiger partial charge is 0.391 e. The maximum absolute atomic E-state index is 12.1. The lowest BCUT2D eigenvalue weighted by molar-refractivity contribution is -0.124. The van der Waals surface area contributed by atoms with Crippen LogP contribution >= 0.6 is 12.4 Å². The van der Waals surface area contributed by atoms with E-state index in [1.165, 1.54) is 0 Å². The van der Waals surface area contributed by atoms with Crippen molar-refractivity contribution in [2.24, 2.45) is 5.92 Å². The third-order valence-electron chi connectivity index (χ3n) is 4.36. The van der Waals surface area contributed by atoms with E-state index in [9.17, 15) is 14.7 Å². The fraction of sp³-hybridized carbons (Fsp3) is 0.500. The van der Waals surface area contributed by atoms with Crippen molar-refractivity contribution in [1.29, 1.82) is 0 Å². The van der Waals surface area contributed by atoms with Crippen LogP contribution in [0.2, 0.25) is 0 Å². The van der Waals surface area contributed by atoms with Gasteiger partial charge in [-0.05, 0) is 18.1 Å². The third kappa shape index (κ3) is 4.02. The van der Waals surface area contributed by atoms with Gasteiger partial charge in [0.25, 0.3) is 0 Å². The van der Waals surface area contributed by atoms with E-state index in [4.69, 9.17) is 0 Å². The van der Waals surface area contributed by atoms with Gasteiger partial charge in [0, 0.05) is 37.7 Å². The second-order valence-electron chi connectivity index (χ2n) is 5.90. The number of hydrogen-bond donors (Lipinski definition) is 3. The molecule has 2 amide bonds. The van der Waals surface area contributed by atoms with Crippen molar-refractivity contribution >= 4 is 29.9 Å². The topological polar surface area (TPSA) is 81.7 Å². The Kier molecular flexibility index (Phi) is 5.98. The van der Waals surface area contributed by atoms with Crippen LogP contribution in [0.1, 0.15) is 12.0 Å². The van der Waals surface area contributed by atoms with Crippen LogP contribution < -0.4 is 15.5 Å². The molecule has 3 rings (SSSR count). The predicted molar refractivity (Wildman–Crippen MR) is 89.7 cm³/mol. The zero-order chi connectivity index (χ0) is 15.5. The monoisotopic (exact) mass is 339 g/mol. The van der Waals surface area contributed by atoms with E-state index in [1.54, 1.807) is 4.90 Å². The second kappa shape index (κ2) is 7.77. The molecule has 1 fully saturated rings. The Morgan fingerprint density at radius 3 is 2.83 bits per heavy atom. The van der Waals surface area contributed by atoms with Crippen LogP contribution in [0.15, 0.2) is 24.3 Å². The summed E-state index contributed by atoms with van der Waals surface area (Å²) >= 11 is 0. The summed E-state index contributed by atoms with van der Waals surface area (Å²) in [6.07, 6.45) is 0.750. The Morgan fingerprint density at radius 1 is 1.30 bits per heavy atom. The molecule has 0 aliphatic carbocycles. The van der Waals surface area contributed by atoms with Crippen molar-refractivity contribution in [3.8, 4) is 0 Å². The molecular formula is C16H22ClN3O3. The number of fused-ring (bicyclic) bond motifs is 1. The number of aryl methyl sites for hydroxylation is 1. The lowest BCUT2D eigenvalue weighted by Gasteiger charge is -2.29. The van der Waals surface area contributed by atoms with Gasteiger partial charge in [-0.2, -0.15) is 0 Å². The van der Waals surface area contributed by atoms with E-state index < -0.39 is 6.10 Å². The Morgan fingerprint density at radius 2 is 2.09 bits per heavy atom. The first-order valence-electron chi connectivity index (χ1n) is 7.69. The fourth-order valence-electron chi connectivity index (χ4n) is 3.04. The van der Waals surface area contributed by atoms with Gasteiger partial charge in [0.1, 0.15) is 6.54 Å². The Balaban J connectivity index is 0.00000192. The van der Waals surface area contributed by atoms with Gasteiger partial charge in [-0.25, -0.2) is 0 Å². The molecule has 3 N–H and O–H groups in total. The average molecular weight is 340 g/mol. The first-order chi connectivity index (χ1) is 10.6. The van der Waals surface area contributed by atoms with Crippen molar-refractivity contribution in [3.05, 3.63) is 29.8 Å². The molecule has 1 aromatic carbocycles. The smallest absolute Gasteiger partial charge is 0.240 e. The highest BCUT2D eigenvalue weighted by molar-refractivity contribution is 6.00. The Bertz CT molecular complexity index is 581. The van der Waals surface area contributed by atoms with Gasteiger partial charge < -0.3 is 20.6 Å². The number of aliphatic hydroxyl groups is 1. The minimum Gasteiger partial charge on any atom is -0.391 e. The van der Waals surface area contributed by atoms with E-state index in [-0.39, 0.29) is 36.7 Å². The van der Waals surface area contributed by atoms with Gasteiger partial charge in [0.05, 0.1) is 6.10 Å². The zero-order valence-electron chi connectivity index (χ0n) is 12.8. The maximum atomic E-state index is 12.1. The van der Waals surface area contributed by atoms with Gasteiger partial charge in [-0.15, -0.1) is 12.4 Å². The number of amides is 2. The third-order valence-corrected chi connectivity index (χ3v) is 4.36. The van der Waals surface area contributed by atoms with Crippen LogP contribution in [-0.4, -0.2) is 49.2 Å². The molecule has 1 saturated heterocycles.